The maximum Gasteiger partial charge on any atom is 0.240 e. The van der Waals surface area contributed by atoms with E-state index in [1.54, 1.807) is 24.3 Å². The molecule has 1 rings (SSSR count). The number of nitrogens with one attached hydrogen (secondary N) is 1. The first-order valence-electron chi connectivity index (χ1n) is 6.96. The molecule has 114 valence electrons. The van der Waals surface area contributed by atoms with E-state index in [4.69, 9.17) is 10.5 Å². The van der Waals surface area contributed by atoms with Gasteiger partial charge in [0.2, 0.25) is 10.0 Å². The predicted octanol–water partition coefficient (Wildman–Crippen LogP) is 1.28. The summed E-state index contributed by atoms with van der Waals surface area (Å²) in [5, 5.41) is 0. The SMILES string of the molecule is CCCCOCCNS(=O)(=O)c1ccc(CCN)cc1. The molecule has 0 heterocycles. The van der Waals surface area contributed by atoms with Gasteiger partial charge in [0, 0.05) is 13.2 Å². The molecule has 5 nitrogen and oxygen atoms in total. The Morgan fingerprint density at radius 1 is 1.20 bits per heavy atom. The lowest BCUT2D eigenvalue weighted by Gasteiger charge is -2.08. The molecule has 0 atom stereocenters. The molecule has 1 aromatic rings. The normalized spacial score (nSPS) is 11.7. The van der Waals surface area contributed by atoms with Crippen molar-refractivity contribution in [2.75, 3.05) is 26.3 Å². The summed E-state index contributed by atoms with van der Waals surface area (Å²) in [6.07, 6.45) is 2.81. The summed E-state index contributed by atoms with van der Waals surface area (Å²) in [4.78, 5) is 0.270. The molecule has 0 aliphatic heterocycles. The lowest BCUT2D eigenvalue weighted by Crippen LogP contribution is -2.27. The highest BCUT2D eigenvalue weighted by molar-refractivity contribution is 7.89. The molecule has 0 bridgehead atoms. The van der Waals surface area contributed by atoms with Crippen molar-refractivity contribution in [2.24, 2.45) is 5.73 Å². The van der Waals surface area contributed by atoms with Gasteiger partial charge in [0.1, 0.15) is 0 Å². The second kappa shape index (κ2) is 9.07. The number of ether oxygens (including phenoxy) is 1. The van der Waals surface area contributed by atoms with Crippen LogP contribution in [0.2, 0.25) is 0 Å². The van der Waals surface area contributed by atoms with Crippen LogP contribution in [-0.4, -0.2) is 34.7 Å². The molecule has 0 aliphatic carbocycles. The van der Waals surface area contributed by atoms with E-state index in [2.05, 4.69) is 11.6 Å². The van der Waals surface area contributed by atoms with Crippen LogP contribution in [0.15, 0.2) is 29.2 Å². The molecular formula is C14H24N2O3S. The second-order valence-electron chi connectivity index (χ2n) is 4.55. The van der Waals surface area contributed by atoms with Crippen LogP contribution in [0, 0.1) is 0 Å². The quantitative estimate of drug-likeness (QED) is 0.638. The molecule has 0 saturated heterocycles. The van der Waals surface area contributed by atoms with Crippen LogP contribution >= 0.6 is 0 Å². The highest BCUT2D eigenvalue weighted by Gasteiger charge is 2.12. The fourth-order valence-electron chi connectivity index (χ4n) is 1.68. The number of sulfonamides is 1. The summed E-state index contributed by atoms with van der Waals surface area (Å²) in [5.74, 6) is 0. The van der Waals surface area contributed by atoms with Crippen LogP contribution in [0.25, 0.3) is 0 Å². The molecule has 0 amide bonds. The molecule has 0 radical (unpaired) electrons. The van der Waals surface area contributed by atoms with E-state index in [0.29, 0.717) is 19.8 Å². The van der Waals surface area contributed by atoms with Gasteiger partial charge in [-0.1, -0.05) is 25.5 Å². The molecule has 0 unspecified atom stereocenters. The molecular weight excluding hydrogens is 276 g/mol. The zero-order valence-corrected chi connectivity index (χ0v) is 12.8. The van der Waals surface area contributed by atoms with Crippen LogP contribution in [0.4, 0.5) is 0 Å². The van der Waals surface area contributed by atoms with E-state index in [1.165, 1.54) is 0 Å². The summed E-state index contributed by atoms with van der Waals surface area (Å²) in [6.45, 7) is 3.99. The fraction of sp³-hybridized carbons (Fsp3) is 0.571. The Balaban J connectivity index is 2.43. The van der Waals surface area contributed by atoms with Crippen molar-refractivity contribution in [3.63, 3.8) is 0 Å². The first-order chi connectivity index (χ1) is 9.60. The molecule has 0 aromatic heterocycles. The first kappa shape index (κ1) is 17.1. The van der Waals surface area contributed by atoms with Crippen molar-refractivity contribution in [3.05, 3.63) is 29.8 Å². The Morgan fingerprint density at radius 2 is 1.90 bits per heavy atom. The van der Waals surface area contributed by atoms with Gasteiger partial charge >= 0.3 is 0 Å². The minimum absolute atomic E-state index is 0.270. The Hall–Kier alpha value is -0.950. The van der Waals surface area contributed by atoms with Crippen molar-refractivity contribution in [1.29, 1.82) is 0 Å². The number of rotatable bonds is 10. The van der Waals surface area contributed by atoms with Gasteiger partial charge in [-0.15, -0.1) is 0 Å². The average molecular weight is 300 g/mol. The van der Waals surface area contributed by atoms with E-state index < -0.39 is 10.0 Å². The van der Waals surface area contributed by atoms with Crippen LogP contribution in [-0.2, 0) is 21.2 Å². The summed E-state index contributed by atoms with van der Waals surface area (Å²) in [7, 11) is -3.45. The molecule has 6 heteroatoms. The molecule has 0 saturated carbocycles. The highest BCUT2D eigenvalue weighted by Crippen LogP contribution is 2.10. The number of benzene rings is 1. The van der Waals surface area contributed by atoms with Crippen molar-refractivity contribution < 1.29 is 13.2 Å². The zero-order valence-electron chi connectivity index (χ0n) is 12.0. The van der Waals surface area contributed by atoms with Gasteiger partial charge in [-0.2, -0.15) is 0 Å². The summed E-state index contributed by atoms with van der Waals surface area (Å²) < 4.78 is 31.8. The third-order valence-corrected chi connectivity index (χ3v) is 4.32. The molecule has 20 heavy (non-hydrogen) atoms. The van der Waals surface area contributed by atoms with Crippen LogP contribution in [0.3, 0.4) is 0 Å². The van der Waals surface area contributed by atoms with Crippen molar-refractivity contribution in [2.45, 2.75) is 31.1 Å². The van der Waals surface area contributed by atoms with Gasteiger partial charge in [0.25, 0.3) is 0 Å². The zero-order chi connectivity index (χ0) is 14.8. The highest BCUT2D eigenvalue weighted by atomic mass is 32.2. The second-order valence-corrected chi connectivity index (χ2v) is 6.31. The lowest BCUT2D eigenvalue weighted by atomic mass is 10.2. The van der Waals surface area contributed by atoms with Crippen molar-refractivity contribution in [1.82, 2.24) is 4.72 Å². The van der Waals surface area contributed by atoms with Gasteiger partial charge in [0.15, 0.2) is 0 Å². The van der Waals surface area contributed by atoms with Crippen LogP contribution in [0.5, 0.6) is 0 Å². The number of unbranched alkanes of at least 4 members (excludes halogenated alkanes) is 1. The average Bonchev–Trinajstić information content (AvgIpc) is 2.44. The number of nitrogens with two attached hydrogens (primary N) is 1. The third-order valence-electron chi connectivity index (χ3n) is 2.85. The molecule has 0 spiro atoms. The van der Waals surface area contributed by atoms with Gasteiger partial charge in [-0.05, 0) is 37.1 Å². The monoisotopic (exact) mass is 300 g/mol. The Bertz CT molecular complexity index is 472. The van der Waals surface area contributed by atoms with E-state index in [9.17, 15) is 8.42 Å². The third kappa shape index (κ3) is 6.00. The first-order valence-corrected chi connectivity index (χ1v) is 8.45. The largest absolute Gasteiger partial charge is 0.380 e. The Morgan fingerprint density at radius 3 is 2.50 bits per heavy atom. The smallest absolute Gasteiger partial charge is 0.240 e. The Labute approximate surface area is 121 Å². The molecule has 3 N–H and O–H groups in total. The molecule has 0 aliphatic rings. The lowest BCUT2D eigenvalue weighted by molar-refractivity contribution is 0.136. The maximum atomic E-state index is 12.0. The van der Waals surface area contributed by atoms with Crippen molar-refractivity contribution >= 4 is 10.0 Å². The van der Waals surface area contributed by atoms with E-state index in [1.807, 2.05) is 0 Å². The standard InChI is InChI=1S/C14H24N2O3S/c1-2-3-11-19-12-10-16-20(17,18)14-6-4-13(5-7-14)8-9-15/h4-7,16H,2-3,8-12,15H2,1H3. The summed E-state index contributed by atoms with van der Waals surface area (Å²) in [5.41, 5.74) is 6.49. The number of hydrogen-bond acceptors (Lipinski definition) is 4. The van der Waals surface area contributed by atoms with Gasteiger partial charge < -0.3 is 10.5 Å². The van der Waals surface area contributed by atoms with E-state index in [-0.39, 0.29) is 11.4 Å². The Kier molecular flexibility index (Phi) is 7.76. The van der Waals surface area contributed by atoms with Gasteiger partial charge in [0.05, 0.1) is 11.5 Å². The molecule has 0 fully saturated rings. The number of hydrogen-bond donors (Lipinski definition) is 2. The maximum absolute atomic E-state index is 12.0. The topological polar surface area (TPSA) is 81.4 Å². The summed E-state index contributed by atoms with van der Waals surface area (Å²) >= 11 is 0. The van der Waals surface area contributed by atoms with Crippen LogP contribution in [0.1, 0.15) is 25.3 Å². The minimum atomic E-state index is -3.45. The minimum Gasteiger partial charge on any atom is -0.380 e. The van der Waals surface area contributed by atoms with E-state index in [0.717, 1.165) is 24.8 Å². The van der Waals surface area contributed by atoms with Crippen LogP contribution < -0.4 is 10.5 Å². The van der Waals surface area contributed by atoms with E-state index >= 15 is 0 Å². The predicted molar refractivity (Wildman–Crippen MR) is 80.1 cm³/mol. The summed E-state index contributed by atoms with van der Waals surface area (Å²) in [6, 6.07) is 6.79. The van der Waals surface area contributed by atoms with Gasteiger partial charge in [-0.3, -0.25) is 0 Å². The fourth-order valence-corrected chi connectivity index (χ4v) is 2.70. The molecule has 1 aromatic carbocycles. The van der Waals surface area contributed by atoms with Crippen molar-refractivity contribution in [3.8, 4) is 0 Å². The van der Waals surface area contributed by atoms with Gasteiger partial charge in [-0.25, -0.2) is 13.1 Å².